The van der Waals surface area contributed by atoms with Crippen molar-refractivity contribution < 1.29 is 10.2 Å². The van der Waals surface area contributed by atoms with E-state index in [1.165, 1.54) is 21.9 Å². The van der Waals surface area contributed by atoms with Crippen molar-refractivity contribution in [3.63, 3.8) is 0 Å². The Bertz CT molecular complexity index is 775. The van der Waals surface area contributed by atoms with Gasteiger partial charge in [-0.3, -0.25) is 0 Å². The molecule has 0 heterocycles. The number of phenols is 1. The predicted molar refractivity (Wildman–Crippen MR) is 111 cm³/mol. The highest BCUT2D eigenvalue weighted by Crippen LogP contribution is 2.39. The minimum Gasteiger partial charge on any atom is -0.507 e. The van der Waals surface area contributed by atoms with Crippen molar-refractivity contribution in [2.75, 3.05) is 12.9 Å². The first kappa shape index (κ1) is 19.9. The van der Waals surface area contributed by atoms with E-state index in [1.807, 2.05) is 6.92 Å². The molecule has 2 rings (SSSR count). The number of fused-ring (bicyclic) bond motifs is 1. The van der Waals surface area contributed by atoms with E-state index < -0.39 is 0 Å². The standard InChI is InChI=1S/C22H30O2S/c1-14(2)19-11-17-10-9-16(4)18(8-6-7-15(3)12-23)21(17)20(13-25-5)22(19)24/h7,9-11,14,23-24H,6,8,12-13H2,1-5H3/b15-7+. The highest BCUT2D eigenvalue weighted by atomic mass is 32.2. The third-order valence-electron chi connectivity index (χ3n) is 4.80. The summed E-state index contributed by atoms with van der Waals surface area (Å²) >= 11 is 1.75. The largest absolute Gasteiger partial charge is 0.507 e. The first-order chi connectivity index (χ1) is 11.9. The number of aromatic hydroxyl groups is 1. The molecule has 0 aliphatic heterocycles. The number of hydrogen-bond donors (Lipinski definition) is 2. The van der Waals surface area contributed by atoms with E-state index in [1.54, 1.807) is 11.8 Å². The number of aryl methyl sites for hydroxylation is 2. The highest BCUT2D eigenvalue weighted by Gasteiger charge is 2.17. The molecular weight excluding hydrogens is 328 g/mol. The maximum absolute atomic E-state index is 10.9. The van der Waals surface area contributed by atoms with Crippen molar-refractivity contribution in [1.82, 2.24) is 0 Å². The van der Waals surface area contributed by atoms with Crippen LogP contribution in [0.3, 0.4) is 0 Å². The summed E-state index contributed by atoms with van der Waals surface area (Å²) in [6.45, 7) is 8.47. The van der Waals surface area contributed by atoms with E-state index in [4.69, 9.17) is 0 Å². The maximum atomic E-state index is 10.9. The molecule has 3 heteroatoms. The molecule has 0 radical (unpaired) electrons. The van der Waals surface area contributed by atoms with Crippen molar-refractivity contribution in [3.05, 3.63) is 52.1 Å². The fraction of sp³-hybridized carbons (Fsp3) is 0.455. The Kier molecular flexibility index (Phi) is 6.97. The summed E-state index contributed by atoms with van der Waals surface area (Å²) in [5, 5.41) is 22.5. The lowest BCUT2D eigenvalue weighted by molar-refractivity contribution is 0.331. The van der Waals surface area contributed by atoms with E-state index in [2.05, 4.69) is 51.3 Å². The zero-order valence-corrected chi connectivity index (χ0v) is 16.8. The molecule has 0 spiro atoms. The first-order valence-electron chi connectivity index (χ1n) is 8.93. The summed E-state index contributed by atoms with van der Waals surface area (Å²) in [7, 11) is 0. The molecule has 0 saturated carbocycles. The maximum Gasteiger partial charge on any atom is 0.123 e. The number of aliphatic hydroxyl groups excluding tert-OH is 1. The number of hydrogen-bond acceptors (Lipinski definition) is 3. The Morgan fingerprint density at radius 3 is 2.56 bits per heavy atom. The molecule has 0 atom stereocenters. The molecular formula is C22H30O2S. The first-order valence-corrected chi connectivity index (χ1v) is 10.3. The van der Waals surface area contributed by atoms with Crippen LogP contribution in [0.25, 0.3) is 10.8 Å². The van der Waals surface area contributed by atoms with Gasteiger partial charge in [-0.15, -0.1) is 0 Å². The zero-order valence-electron chi connectivity index (χ0n) is 16.0. The van der Waals surface area contributed by atoms with Crippen molar-refractivity contribution in [2.45, 2.75) is 52.2 Å². The molecule has 0 bridgehead atoms. The number of aliphatic hydroxyl groups is 1. The number of phenolic OH excluding ortho intramolecular Hbond substituents is 1. The number of thioether (sulfide) groups is 1. The molecule has 2 nitrogen and oxygen atoms in total. The van der Waals surface area contributed by atoms with Crippen LogP contribution in [0.5, 0.6) is 5.75 Å². The van der Waals surface area contributed by atoms with Gasteiger partial charge in [0.2, 0.25) is 0 Å². The number of benzene rings is 2. The lowest BCUT2D eigenvalue weighted by Gasteiger charge is -2.19. The van der Waals surface area contributed by atoms with Crippen LogP contribution in [0.15, 0.2) is 29.8 Å². The van der Waals surface area contributed by atoms with Gasteiger partial charge in [0.05, 0.1) is 6.61 Å². The van der Waals surface area contributed by atoms with Crippen LogP contribution >= 0.6 is 11.8 Å². The summed E-state index contributed by atoms with van der Waals surface area (Å²) in [6, 6.07) is 6.51. The molecule has 25 heavy (non-hydrogen) atoms. The topological polar surface area (TPSA) is 40.5 Å². The van der Waals surface area contributed by atoms with Gasteiger partial charge in [-0.2, -0.15) is 11.8 Å². The molecule has 0 aliphatic rings. The fourth-order valence-corrected chi connectivity index (χ4v) is 3.92. The second-order valence-electron chi connectivity index (χ2n) is 7.09. The zero-order chi connectivity index (χ0) is 18.6. The predicted octanol–water partition coefficient (Wildman–Crippen LogP) is 5.71. The van der Waals surface area contributed by atoms with Crippen molar-refractivity contribution in [2.24, 2.45) is 0 Å². The number of rotatable bonds is 7. The number of allylic oxidation sites excluding steroid dienone is 1. The molecule has 2 N–H and O–H groups in total. The van der Waals surface area contributed by atoms with Gasteiger partial charge in [0, 0.05) is 11.3 Å². The quantitative estimate of drug-likeness (QED) is 0.623. The molecule has 0 fully saturated rings. The van der Waals surface area contributed by atoms with E-state index in [0.717, 1.165) is 35.3 Å². The van der Waals surface area contributed by atoms with Gasteiger partial charge >= 0.3 is 0 Å². The van der Waals surface area contributed by atoms with Gasteiger partial charge in [0.25, 0.3) is 0 Å². The average molecular weight is 359 g/mol. The van der Waals surface area contributed by atoms with Gasteiger partial charge < -0.3 is 10.2 Å². The van der Waals surface area contributed by atoms with Crippen LogP contribution in [0, 0.1) is 6.92 Å². The molecule has 0 aliphatic carbocycles. The van der Waals surface area contributed by atoms with Crippen LogP contribution in [0.4, 0.5) is 0 Å². The molecule has 0 aromatic heterocycles. The lowest BCUT2D eigenvalue weighted by atomic mass is 9.88. The Morgan fingerprint density at radius 2 is 1.96 bits per heavy atom. The average Bonchev–Trinajstić information content (AvgIpc) is 2.58. The third kappa shape index (κ3) is 4.39. The van der Waals surface area contributed by atoms with Crippen molar-refractivity contribution in [1.29, 1.82) is 0 Å². The lowest BCUT2D eigenvalue weighted by Crippen LogP contribution is -2.00. The Labute approximate surface area is 156 Å². The summed E-state index contributed by atoms with van der Waals surface area (Å²) in [6.07, 6.45) is 6.01. The Morgan fingerprint density at radius 1 is 1.24 bits per heavy atom. The summed E-state index contributed by atoms with van der Waals surface area (Å²) in [5.41, 5.74) is 5.68. The van der Waals surface area contributed by atoms with Gasteiger partial charge in [0.15, 0.2) is 0 Å². The fourth-order valence-electron chi connectivity index (χ4n) is 3.35. The Balaban J connectivity index is 2.64. The van der Waals surface area contributed by atoms with E-state index in [0.29, 0.717) is 11.7 Å². The van der Waals surface area contributed by atoms with Gasteiger partial charge in [0.1, 0.15) is 5.75 Å². The SMILES string of the molecule is CSCc1c(O)c(C(C)C)cc2ccc(C)c(CC/C=C(\C)CO)c12. The van der Waals surface area contributed by atoms with Crippen LogP contribution in [-0.4, -0.2) is 23.1 Å². The third-order valence-corrected chi connectivity index (χ3v) is 5.38. The second-order valence-corrected chi connectivity index (χ2v) is 7.95. The summed E-state index contributed by atoms with van der Waals surface area (Å²) < 4.78 is 0. The molecule has 2 aromatic rings. The van der Waals surface area contributed by atoms with Crippen LogP contribution in [0.1, 0.15) is 55.4 Å². The summed E-state index contributed by atoms with van der Waals surface area (Å²) in [5.74, 6) is 1.57. The monoisotopic (exact) mass is 358 g/mol. The smallest absolute Gasteiger partial charge is 0.123 e. The molecule has 136 valence electrons. The minimum atomic E-state index is 0.116. The van der Waals surface area contributed by atoms with Gasteiger partial charge in [-0.05, 0) is 72.4 Å². The van der Waals surface area contributed by atoms with Crippen molar-refractivity contribution >= 4 is 22.5 Å². The Hall–Kier alpha value is -1.45. The summed E-state index contributed by atoms with van der Waals surface area (Å²) in [4.78, 5) is 0. The second kappa shape index (κ2) is 8.77. The van der Waals surface area contributed by atoms with E-state index in [9.17, 15) is 10.2 Å². The highest BCUT2D eigenvalue weighted by molar-refractivity contribution is 7.97. The molecule has 0 saturated heterocycles. The van der Waals surface area contributed by atoms with E-state index >= 15 is 0 Å². The van der Waals surface area contributed by atoms with Gasteiger partial charge in [-0.1, -0.05) is 37.6 Å². The van der Waals surface area contributed by atoms with Crippen LogP contribution in [-0.2, 0) is 12.2 Å². The minimum absolute atomic E-state index is 0.116. The van der Waals surface area contributed by atoms with Crippen LogP contribution in [0.2, 0.25) is 0 Å². The molecule has 2 aromatic carbocycles. The molecule has 0 unspecified atom stereocenters. The van der Waals surface area contributed by atoms with E-state index in [-0.39, 0.29) is 6.61 Å². The normalized spacial score (nSPS) is 12.4. The molecule has 0 amide bonds. The van der Waals surface area contributed by atoms with Crippen molar-refractivity contribution in [3.8, 4) is 5.75 Å². The van der Waals surface area contributed by atoms with Gasteiger partial charge in [-0.25, -0.2) is 0 Å². The van der Waals surface area contributed by atoms with Crippen LogP contribution < -0.4 is 0 Å².